The number of rotatable bonds is 1. The van der Waals surface area contributed by atoms with Gasteiger partial charge in [-0.2, -0.15) is 13.2 Å². The third-order valence-corrected chi connectivity index (χ3v) is 1.68. The highest BCUT2D eigenvalue weighted by molar-refractivity contribution is 4.98. The smallest absolute Gasteiger partial charge is 0.377 e. The topological polar surface area (TPSA) is 50.9 Å². The Morgan fingerprint density at radius 3 is 2.23 bits per heavy atom. The molecule has 0 aliphatic rings. The molecule has 0 amide bonds. The maximum absolute atomic E-state index is 12.0. The lowest BCUT2D eigenvalue weighted by Crippen LogP contribution is -2.23. The summed E-state index contributed by atoms with van der Waals surface area (Å²) >= 11 is 0. The van der Waals surface area contributed by atoms with Gasteiger partial charge in [0.2, 0.25) is 6.10 Å². The number of hydrogen-bond acceptors (Lipinski definition) is 3. The van der Waals surface area contributed by atoms with Gasteiger partial charge in [0, 0.05) is 7.05 Å². The summed E-state index contributed by atoms with van der Waals surface area (Å²) in [7, 11) is 1.36. The van der Waals surface area contributed by atoms with Gasteiger partial charge >= 0.3 is 6.18 Å². The molecule has 1 atom stereocenters. The van der Waals surface area contributed by atoms with Gasteiger partial charge in [0.25, 0.3) is 0 Å². The van der Waals surface area contributed by atoms with Crippen LogP contribution in [0.2, 0.25) is 0 Å². The van der Waals surface area contributed by atoms with Crippen molar-refractivity contribution in [1.82, 2.24) is 14.8 Å². The lowest BCUT2D eigenvalue weighted by Gasteiger charge is -2.13. The number of nitrogens with zero attached hydrogens (tertiary/aromatic N) is 3. The molecule has 0 fully saturated rings. The third-order valence-electron chi connectivity index (χ3n) is 1.68. The first-order chi connectivity index (χ1) is 5.84. The normalized spacial score (nSPS) is 14.6. The van der Waals surface area contributed by atoms with Crippen LogP contribution in [0.1, 0.15) is 17.8 Å². The average molecular weight is 195 g/mol. The highest BCUT2D eigenvalue weighted by Gasteiger charge is 2.42. The Kier molecular flexibility index (Phi) is 2.29. The molecule has 0 aliphatic heterocycles. The molecule has 74 valence electrons. The predicted molar refractivity (Wildman–Crippen MR) is 36.8 cm³/mol. The van der Waals surface area contributed by atoms with Gasteiger partial charge in [-0.05, 0) is 6.92 Å². The van der Waals surface area contributed by atoms with Crippen molar-refractivity contribution in [3.8, 4) is 0 Å². The molecule has 1 heterocycles. The van der Waals surface area contributed by atoms with Crippen molar-refractivity contribution < 1.29 is 18.3 Å². The van der Waals surface area contributed by atoms with Crippen molar-refractivity contribution >= 4 is 0 Å². The van der Waals surface area contributed by atoms with Crippen molar-refractivity contribution in [2.75, 3.05) is 0 Å². The molecule has 1 unspecified atom stereocenters. The van der Waals surface area contributed by atoms with Crippen LogP contribution in [0.15, 0.2) is 0 Å². The molecule has 0 spiro atoms. The van der Waals surface area contributed by atoms with Crippen molar-refractivity contribution in [3.63, 3.8) is 0 Å². The van der Waals surface area contributed by atoms with Gasteiger partial charge in [0.1, 0.15) is 5.82 Å². The number of hydrogen-bond donors (Lipinski definition) is 1. The average Bonchev–Trinajstić information content (AvgIpc) is 2.30. The van der Waals surface area contributed by atoms with Crippen LogP contribution in [0, 0.1) is 6.92 Å². The van der Waals surface area contributed by atoms with E-state index in [0.29, 0.717) is 5.82 Å². The zero-order valence-electron chi connectivity index (χ0n) is 7.00. The number of aliphatic hydroxyl groups is 1. The second-order valence-corrected chi connectivity index (χ2v) is 2.61. The molecule has 0 saturated carbocycles. The van der Waals surface area contributed by atoms with Crippen molar-refractivity contribution in [2.45, 2.75) is 19.2 Å². The maximum atomic E-state index is 12.0. The number of aryl methyl sites for hydroxylation is 1. The van der Waals surface area contributed by atoms with Crippen LogP contribution >= 0.6 is 0 Å². The van der Waals surface area contributed by atoms with E-state index in [0.717, 1.165) is 4.57 Å². The van der Waals surface area contributed by atoms with Crippen molar-refractivity contribution in [1.29, 1.82) is 0 Å². The second kappa shape index (κ2) is 2.99. The molecule has 1 aromatic heterocycles. The first-order valence-corrected chi connectivity index (χ1v) is 3.44. The van der Waals surface area contributed by atoms with Gasteiger partial charge in [-0.3, -0.25) is 0 Å². The predicted octanol–water partition coefficient (Wildman–Crippen LogP) is 0.719. The van der Waals surface area contributed by atoms with E-state index in [4.69, 9.17) is 5.11 Å². The van der Waals surface area contributed by atoms with Gasteiger partial charge in [-0.1, -0.05) is 0 Å². The van der Waals surface area contributed by atoms with Crippen molar-refractivity contribution in [2.24, 2.45) is 7.05 Å². The molecular formula is C6H8F3N3O. The van der Waals surface area contributed by atoms with E-state index in [1.807, 2.05) is 0 Å². The summed E-state index contributed by atoms with van der Waals surface area (Å²) in [5, 5.41) is 15.4. The van der Waals surface area contributed by atoms with Gasteiger partial charge in [-0.15, -0.1) is 10.2 Å². The zero-order valence-corrected chi connectivity index (χ0v) is 7.00. The standard InChI is InChI=1S/C6H8F3N3O/c1-3-10-11-5(12(3)2)4(13)6(7,8)9/h4,13H,1-2H3. The minimum absolute atomic E-state index is 0.318. The Hall–Kier alpha value is -1.11. The van der Waals surface area contributed by atoms with E-state index in [1.54, 1.807) is 0 Å². The number of halogens is 3. The van der Waals surface area contributed by atoms with Gasteiger partial charge in [-0.25, -0.2) is 0 Å². The summed E-state index contributed by atoms with van der Waals surface area (Å²) in [5.74, 6) is -0.177. The molecule has 7 heteroatoms. The van der Waals surface area contributed by atoms with Crippen LogP contribution in [0.5, 0.6) is 0 Å². The Bertz CT molecular complexity index is 307. The molecule has 1 rings (SSSR count). The first-order valence-electron chi connectivity index (χ1n) is 3.44. The van der Waals surface area contributed by atoms with Gasteiger partial charge < -0.3 is 9.67 Å². The van der Waals surface area contributed by atoms with Crippen LogP contribution in [0.25, 0.3) is 0 Å². The van der Waals surface area contributed by atoms with Gasteiger partial charge in [0.15, 0.2) is 5.82 Å². The summed E-state index contributed by atoms with van der Waals surface area (Å²) in [6.07, 6.45) is -7.27. The summed E-state index contributed by atoms with van der Waals surface area (Å²) in [6.45, 7) is 1.50. The van der Waals surface area contributed by atoms with E-state index in [1.165, 1.54) is 14.0 Å². The fourth-order valence-electron chi connectivity index (χ4n) is 0.808. The number of aliphatic hydroxyl groups excluding tert-OH is 1. The van der Waals surface area contributed by atoms with Crippen LogP contribution in [0.4, 0.5) is 13.2 Å². The number of aromatic nitrogens is 3. The summed E-state index contributed by atoms with van der Waals surface area (Å²) < 4.78 is 37.1. The molecule has 13 heavy (non-hydrogen) atoms. The fourth-order valence-corrected chi connectivity index (χ4v) is 0.808. The highest BCUT2D eigenvalue weighted by Crippen LogP contribution is 2.30. The molecule has 0 radical (unpaired) electrons. The molecule has 4 nitrogen and oxygen atoms in total. The third kappa shape index (κ3) is 1.80. The molecule has 0 bridgehead atoms. The zero-order chi connectivity index (χ0) is 10.2. The monoisotopic (exact) mass is 195 g/mol. The van der Waals surface area contributed by atoms with Crippen LogP contribution in [0.3, 0.4) is 0 Å². The Labute approximate surface area is 72.0 Å². The molecular weight excluding hydrogens is 187 g/mol. The van der Waals surface area contributed by atoms with E-state index in [9.17, 15) is 13.2 Å². The minimum Gasteiger partial charge on any atom is -0.377 e. The maximum Gasteiger partial charge on any atom is 0.421 e. The fraction of sp³-hybridized carbons (Fsp3) is 0.667. The van der Waals surface area contributed by atoms with E-state index in [-0.39, 0.29) is 0 Å². The molecule has 0 aliphatic carbocycles. The Morgan fingerprint density at radius 2 is 1.92 bits per heavy atom. The molecule has 0 saturated heterocycles. The Morgan fingerprint density at radius 1 is 1.38 bits per heavy atom. The first kappa shape index (κ1) is 9.97. The van der Waals surface area contributed by atoms with E-state index in [2.05, 4.69) is 10.2 Å². The van der Waals surface area contributed by atoms with Gasteiger partial charge in [0.05, 0.1) is 0 Å². The molecule has 1 N–H and O–H groups in total. The summed E-state index contributed by atoms with van der Waals surface area (Å²) in [4.78, 5) is 0. The van der Waals surface area contributed by atoms with Crippen LogP contribution in [-0.2, 0) is 7.05 Å². The summed E-state index contributed by atoms with van der Waals surface area (Å²) in [6, 6.07) is 0. The molecule has 0 aromatic carbocycles. The minimum atomic E-state index is -4.70. The lowest BCUT2D eigenvalue weighted by atomic mass is 10.3. The highest BCUT2D eigenvalue weighted by atomic mass is 19.4. The summed E-state index contributed by atoms with van der Waals surface area (Å²) in [5.41, 5.74) is 0. The lowest BCUT2D eigenvalue weighted by molar-refractivity contribution is -0.209. The number of alkyl halides is 3. The Balaban J connectivity index is 3.02. The molecule has 1 aromatic rings. The van der Waals surface area contributed by atoms with Crippen molar-refractivity contribution in [3.05, 3.63) is 11.6 Å². The van der Waals surface area contributed by atoms with Crippen LogP contribution < -0.4 is 0 Å². The second-order valence-electron chi connectivity index (χ2n) is 2.61. The SMILES string of the molecule is Cc1nnc(C(O)C(F)(F)F)n1C. The van der Waals surface area contributed by atoms with E-state index >= 15 is 0 Å². The van der Waals surface area contributed by atoms with E-state index < -0.39 is 18.1 Å². The largest absolute Gasteiger partial charge is 0.421 e. The quantitative estimate of drug-likeness (QED) is 0.718. The van der Waals surface area contributed by atoms with Crippen LogP contribution in [-0.4, -0.2) is 26.0 Å².